The van der Waals surface area contributed by atoms with Crippen LogP contribution in [0.3, 0.4) is 0 Å². The first-order valence-corrected chi connectivity index (χ1v) is 9.48. The molecule has 3 nitrogen and oxygen atoms in total. The Morgan fingerprint density at radius 1 is 1.08 bits per heavy atom. The highest BCUT2D eigenvalue weighted by Gasteiger charge is 2.44. The summed E-state index contributed by atoms with van der Waals surface area (Å²) in [4.78, 5) is 12.0. The van der Waals surface area contributed by atoms with Crippen LogP contribution in [-0.4, -0.2) is 22.4 Å². The third-order valence-corrected chi connectivity index (χ3v) is 5.64. The SMILES string of the molecule is O=C(C[S@@](=O)Cc1ccc(F)cc1)NCC1(c2ccccc2)CC1. The molecule has 0 bridgehead atoms. The lowest BCUT2D eigenvalue weighted by molar-refractivity contribution is -0.118. The fourth-order valence-corrected chi connectivity index (χ4v) is 3.85. The molecule has 0 unspecified atom stereocenters. The van der Waals surface area contributed by atoms with Gasteiger partial charge in [0, 0.05) is 28.5 Å². The van der Waals surface area contributed by atoms with Gasteiger partial charge in [-0.05, 0) is 36.1 Å². The fraction of sp³-hybridized carbons (Fsp3) is 0.316. The molecular formula is C19H20FNO2S. The number of rotatable bonds is 7. The van der Waals surface area contributed by atoms with E-state index in [1.165, 1.54) is 17.7 Å². The summed E-state index contributed by atoms with van der Waals surface area (Å²) in [5.41, 5.74) is 2.07. The molecule has 24 heavy (non-hydrogen) atoms. The van der Waals surface area contributed by atoms with Crippen LogP contribution in [0.5, 0.6) is 0 Å². The van der Waals surface area contributed by atoms with Crippen LogP contribution in [0.2, 0.25) is 0 Å². The predicted octanol–water partition coefficient (Wildman–Crippen LogP) is 2.92. The summed E-state index contributed by atoms with van der Waals surface area (Å²) in [7, 11) is -1.29. The maximum Gasteiger partial charge on any atom is 0.232 e. The number of halogens is 1. The topological polar surface area (TPSA) is 46.2 Å². The molecule has 1 aliphatic rings. The zero-order chi connectivity index (χ0) is 17.0. The van der Waals surface area contributed by atoms with Crippen molar-refractivity contribution in [3.05, 3.63) is 71.5 Å². The molecule has 0 spiro atoms. The number of hydrogen-bond donors (Lipinski definition) is 1. The average molecular weight is 345 g/mol. The number of carbonyl (C=O) groups is 1. The molecule has 0 heterocycles. The maximum atomic E-state index is 12.9. The van der Waals surface area contributed by atoms with E-state index >= 15 is 0 Å². The Hall–Kier alpha value is -2.01. The van der Waals surface area contributed by atoms with E-state index in [1.807, 2.05) is 18.2 Å². The molecular weight excluding hydrogens is 325 g/mol. The van der Waals surface area contributed by atoms with Gasteiger partial charge in [0.1, 0.15) is 11.6 Å². The smallest absolute Gasteiger partial charge is 0.232 e. The molecule has 1 saturated carbocycles. The quantitative estimate of drug-likeness (QED) is 0.839. The van der Waals surface area contributed by atoms with Gasteiger partial charge < -0.3 is 5.32 Å². The molecule has 1 amide bonds. The zero-order valence-corrected chi connectivity index (χ0v) is 14.2. The molecule has 3 rings (SSSR count). The molecule has 0 aromatic heterocycles. The predicted molar refractivity (Wildman–Crippen MR) is 93.5 cm³/mol. The van der Waals surface area contributed by atoms with Gasteiger partial charge in [-0.2, -0.15) is 0 Å². The largest absolute Gasteiger partial charge is 0.354 e. The first-order valence-electron chi connectivity index (χ1n) is 7.99. The number of benzene rings is 2. The van der Waals surface area contributed by atoms with Crippen LogP contribution in [0.4, 0.5) is 4.39 Å². The van der Waals surface area contributed by atoms with Crippen molar-refractivity contribution in [2.75, 3.05) is 12.3 Å². The first kappa shape index (κ1) is 16.8. The lowest BCUT2D eigenvalue weighted by Crippen LogP contribution is -2.35. The van der Waals surface area contributed by atoms with Crippen LogP contribution in [0, 0.1) is 5.82 Å². The van der Waals surface area contributed by atoms with Gasteiger partial charge in [0.2, 0.25) is 5.91 Å². The van der Waals surface area contributed by atoms with E-state index in [0.29, 0.717) is 6.54 Å². The van der Waals surface area contributed by atoms with Crippen LogP contribution < -0.4 is 5.32 Å². The van der Waals surface area contributed by atoms with Crippen molar-refractivity contribution in [1.29, 1.82) is 0 Å². The Labute approximate surface area is 143 Å². The highest BCUT2D eigenvalue weighted by molar-refractivity contribution is 7.84. The van der Waals surface area contributed by atoms with Crippen molar-refractivity contribution in [3.63, 3.8) is 0 Å². The molecule has 1 aliphatic carbocycles. The minimum atomic E-state index is -1.29. The Kier molecular flexibility index (Phi) is 5.09. The van der Waals surface area contributed by atoms with Gasteiger partial charge in [-0.1, -0.05) is 42.5 Å². The van der Waals surface area contributed by atoms with Gasteiger partial charge in [0.15, 0.2) is 0 Å². The van der Waals surface area contributed by atoms with Crippen molar-refractivity contribution in [2.45, 2.75) is 24.0 Å². The highest BCUT2D eigenvalue weighted by atomic mass is 32.2. The third kappa shape index (κ3) is 4.29. The van der Waals surface area contributed by atoms with E-state index in [-0.39, 0.29) is 28.6 Å². The van der Waals surface area contributed by atoms with Crippen LogP contribution in [-0.2, 0) is 26.8 Å². The first-order chi connectivity index (χ1) is 11.6. The molecule has 1 fully saturated rings. The molecule has 2 aromatic carbocycles. The molecule has 5 heteroatoms. The van der Waals surface area contributed by atoms with E-state index in [1.54, 1.807) is 12.1 Å². The summed E-state index contributed by atoms with van der Waals surface area (Å²) < 4.78 is 24.9. The van der Waals surface area contributed by atoms with E-state index in [0.717, 1.165) is 18.4 Å². The van der Waals surface area contributed by atoms with Gasteiger partial charge in [-0.15, -0.1) is 0 Å². The van der Waals surface area contributed by atoms with E-state index < -0.39 is 10.8 Å². The van der Waals surface area contributed by atoms with Gasteiger partial charge in [-0.25, -0.2) is 4.39 Å². The molecule has 0 saturated heterocycles. The highest BCUT2D eigenvalue weighted by Crippen LogP contribution is 2.47. The maximum absolute atomic E-state index is 12.9. The molecule has 1 N–H and O–H groups in total. The molecule has 126 valence electrons. The van der Waals surface area contributed by atoms with E-state index in [2.05, 4.69) is 17.4 Å². The lowest BCUT2D eigenvalue weighted by Gasteiger charge is -2.16. The molecule has 0 aliphatic heterocycles. The minimum absolute atomic E-state index is 0.0255. The summed E-state index contributed by atoms with van der Waals surface area (Å²) in [5, 5.41) is 2.92. The van der Waals surface area contributed by atoms with Crippen molar-refractivity contribution >= 4 is 16.7 Å². The zero-order valence-electron chi connectivity index (χ0n) is 13.3. The van der Waals surface area contributed by atoms with Crippen molar-refractivity contribution in [2.24, 2.45) is 0 Å². The second kappa shape index (κ2) is 7.26. The van der Waals surface area contributed by atoms with Gasteiger partial charge >= 0.3 is 0 Å². The molecule has 1 atom stereocenters. The van der Waals surface area contributed by atoms with Crippen molar-refractivity contribution in [3.8, 4) is 0 Å². The number of nitrogens with one attached hydrogen (secondary N) is 1. The number of hydrogen-bond acceptors (Lipinski definition) is 2. The van der Waals surface area contributed by atoms with E-state index in [9.17, 15) is 13.4 Å². The second-order valence-electron chi connectivity index (χ2n) is 6.28. The van der Waals surface area contributed by atoms with E-state index in [4.69, 9.17) is 0 Å². The Morgan fingerprint density at radius 2 is 1.75 bits per heavy atom. The van der Waals surface area contributed by atoms with Crippen LogP contribution in [0.25, 0.3) is 0 Å². The normalized spacial score (nSPS) is 16.4. The summed E-state index contributed by atoms with van der Waals surface area (Å²) in [6, 6.07) is 16.0. The minimum Gasteiger partial charge on any atom is -0.354 e. The Morgan fingerprint density at radius 3 is 2.38 bits per heavy atom. The van der Waals surface area contributed by atoms with Crippen molar-refractivity contribution < 1.29 is 13.4 Å². The summed E-state index contributed by atoms with van der Waals surface area (Å²) in [6.07, 6.45) is 2.13. The monoisotopic (exact) mass is 345 g/mol. The lowest BCUT2D eigenvalue weighted by atomic mass is 9.96. The average Bonchev–Trinajstić information content (AvgIpc) is 3.37. The fourth-order valence-electron chi connectivity index (χ4n) is 2.79. The van der Waals surface area contributed by atoms with Crippen LogP contribution in [0.15, 0.2) is 54.6 Å². The van der Waals surface area contributed by atoms with Gasteiger partial charge in [0.05, 0.1) is 0 Å². The number of carbonyl (C=O) groups excluding carboxylic acids is 1. The molecule has 2 aromatic rings. The number of amides is 1. The summed E-state index contributed by atoms with van der Waals surface area (Å²) in [5.74, 6) is -0.282. The van der Waals surface area contributed by atoms with Crippen LogP contribution >= 0.6 is 0 Å². The standard InChI is InChI=1S/C19H20FNO2S/c20-17-8-6-15(7-9-17)12-24(23)13-18(22)21-14-19(10-11-19)16-4-2-1-3-5-16/h1-9H,10-14H2,(H,21,22)/t24-/m0/s1. The van der Waals surface area contributed by atoms with Gasteiger partial charge in [-0.3, -0.25) is 9.00 Å². The van der Waals surface area contributed by atoms with Crippen molar-refractivity contribution in [1.82, 2.24) is 5.32 Å². The van der Waals surface area contributed by atoms with Gasteiger partial charge in [0.25, 0.3) is 0 Å². The summed E-state index contributed by atoms with van der Waals surface area (Å²) >= 11 is 0. The second-order valence-corrected chi connectivity index (χ2v) is 7.74. The Balaban J connectivity index is 1.47. The Bertz CT molecular complexity index is 727. The van der Waals surface area contributed by atoms with Crippen LogP contribution in [0.1, 0.15) is 24.0 Å². The third-order valence-electron chi connectivity index (χ3n) is 4.40. The molecule has 0 radical (unpaired) electrons. The summed E-state index contributed by atoms with van der Waals surface area (Å²) in [6.45, 7) is 0.587.